The minimum absolute atomic E-state index is 0.0815. The lowest BCUT2D eigenvalue weighted by molar-refractivity contribution is -0.137. The van der Waals surface area contributed by atoms with E-state index in [1.807, 2.05) is 6.07 Å². The quantitative estimate of drug-likeness (QED) is 0.809. The van der Waals surface area contributed by atoms with Crippen LogP contribution in [0.2, 0.25) is 0 Å². The summed E-state index contributed by atoms with van der Waals surface area (Å²) in [4.78, 5) is 10.7. The third-order valence-electron chi connectivity index (χ3n) is 3.34. The van der Waals surface area contributed by atoms with Gasteiger partial charge in [0.1, 0.15) is 5.75 Å². The molecule has 118 valence electrons. The number of rotatable bonds is 7. The van der Waals surface area contributed by atoms with E-state index in [1.165, 1.54) is 5.56 Å². The van der Waals surface area contributed by atoms with E-state index in [-0.39, 0.29) is 11.8 Å². The van der Waals surface area contributed by atoms with Crippen molar-refractivity contribution < 1.29 is 14.6 Å². The standard InChI is InChI=1S/C18H28O3/c1-13(2)12-21-16-10-9-15(18(3,4)5)11-14(16)7-6-8-17(19)20/h9-11,13H,6-8,12H2,1-5H3,(H,19,20). The lowest BCUT2D eigenvalue weighted by Gasteiger charge is -2.22. The van der Waals surface area contributed by atoms with Gasteiger partial charge in [-0.15, -0.1) is 0 Å². The fraction of sp³-hybridized carbons (Fsp3) is 0.611. The minimum Gasteiger partial charge on any atom is -0.493 e. The van der Waals surface area contributed by atoms with Crippen LogP contribution in [0.5, 0.6) is 5.75 Å². The molecule has 3 heteroatoms. The van der Waals surface area contributed by atoms with E-state index in [2.05, 4.69) is 46.8 Å². The van der Waals surface area contributed by atoms with Crippen LogP contribution < -0.4 is 4.74 Å². The molecule has 1 aromatic rings. The van der Waals surface area contributed by atoms with Gasteiger partial charge in [0.2, 0.25) is 0 Å². The first-order valence-corrected chi connectivity index (χ1v) is 7.68. The van der Waals surface area contributed by atoms with Crippen molar-refractivity contribution in [3.63, 3.8) is 0 Å². The zero-order valence-electron chi connectivity index (χ0n) is 13.9. The van der Waals surface area contributed by atoms with Gasteiger partial charge >= 0.3 is 5.97 Å². The first kappa shape index (κ1) is 17.5. The zero-order chi connectivity index (χ0) is 16.0. The molecule has 0 amide bonds. The Labute approximate surface area is 128 Å². The number of benzene rings is 1. The molecule has 1 aromatic carbocycles. The number of carboxylic acid groups (broad SMARTS) is 1. The Bertz CT molecular complexity index is 470. The van der Waals surface area contributed by atoms with Crippen molar-refractivity contribution in [3.05, 3.63) is 29.3 Å². The molecular weight excluding hydrogens is 264 g/mol. The van der Waals surface area contributed by atoms with Crippen molar-refractivity contribution in [1.29, 1.82) is 0 Å². The predicted molar refractivity (Wildman–Crippen MR) is 86.0 cm³/mol. The molecule has 0 saturated carbocycles. The van der Waals surface area contributed by atoms with E-state index in [0.29, 0.717) is 18.9 Å². The maximum Gasteiger partial charge on any atom is 0.303 e. The number of ether oxygens (including phenoxy) is 1. The zero-order valence-corrected chi connectivity index (χ0v) is 13.9. The summed E-state index contributed by atoms with van der Waals surface area (Å²) < 4.78 is 5.88. The number of hydrogen-bond acceptors (Lipinski definition) is 2. The molecule has 21 heavy (non-hydrogen) atoms. The van der Waals surface area contributed by atoms with Gasteiger partial charge in [-0.1, -0.05) is 46.8 Å². The molecule has 0 saturated heterocycles. The topological polar surface area (TPSA) is 46.5 Å². The second-order valence-corrected chi connectivity index (χ2v) is 7.02. The average molecular weight is 292 g/mol. The van der Waals surface area contributed by atoms with Crippen LogP contribution in [0, 0.1) is 5.92 Å². The highest BCUT2D eigenvalue weighted by Crippen LogP contribution is 2.29. The van der Waals surface area contributed by atoms with Crippen LogP contribution in [0.4, 0.5) is 0 Å². The molecule has 0 heterocycles. The summed E-state index contributed by atoms with van der Waals surface area (Å²) in [5.74, 6) is 0.618. The maximum absolute atomic E-state index is 10.7. The number of hydrogen-bond donors (Lipinski definition) is 1. The van der Waals surface area contributed by atoms with Crippen molar-refractivity contribution >= 4 is 5.97 Å². The average Bonchev–Trinajstić information content (AvgIpc) is 2.35. The maximum atomic E-state index is 10.7. The molecule has 0 unspecified atom stereocenters. The number of aliphatic carboxylic acids is 1. The number of aryl methyl sites for hydroxylation is 1. The Hall–Kier alpha value is -1.51. The summed E-state index contributed by atoms with van der Waals surface area (Å²) in [7, 11) is 0. The molecule has 0 fully saturated rings. The first-order chi connectivity index (χ1) is 9.70. The Kier molecular flexibility index (Phi) is 6.25. The molecular formula is C18H28O3. The van der Waals surface area contributed by atoms with Gasteiger partial charge in [0.05, 0.1) is 6.61 Å². The van der Waals surface area contributed by atoms with E-state index in [9.17, 15) is 4.79 Å². The molecule has 1 N–H and O–H groups in total. The lowest BCUT2D eigenvalue weighted by atomic mass is 9.85. The Morgan fingerprint density at radius 2 is 1.95 bits per heavy atom. The third-order valence-corrected chi connectivity index (χ3v) is 3.34. The van der Waals surface area contributed by atoms with E-state index in [1.54, 1.807) is 0 Å². The minimum atomic E-state index is -0.744. The second kappa shape index (κ2) is 7.48. The lowest BCUT2D eigenvalue weighted by Crippen LogP contribution is -2.13. The van der Waals surface area contributed by atoms with E-state index in [0.717, 1.165) is 17.7 Å². The summed E-state index contributed by atoms with van der Waals surface area (Å²) in [5, 5.41) is 8.79. The Balaban J connectivity index is 2.92. The summed E-state index contributed by atoms with van der Waals surface area (Å²) in [6.07, 6.45) is 1.58. The highest BCUT2D eigenvalue weighted by Gasteiger charge is 2.16. The molecule has 0 atom stereocenters. The van der Waals surface area contributed by atoms with Gasteiger partial charge in [-0.25, -0.2) is 0 Å². The van der Waals surface area contributed by atoms with Crippen LogP contribution in [-0.4, -0.2) is 17.7 Å². The van der Waals surface area contributed by atoms with Crippen LogP contribution in [0.3, 0.4) is 0 Å². The van der Waals surface area contributed by atoms with E-state index < -0.39 is 5.97 Å². The summed E-state index contributed by atoms with van der Waals surface area (Å²) in [5.41, 5.74) is 2.45. The summed E-state index contributed by atoms with van der Waals surface area (Å²) >= 11 is 0. The monoisotopic (exact) mass is 292 g/mol. The van der Waals surface area contributed by atoms with Crippen molar-refractivity contribution in [2.45, 2.75) is 59.3 Å². The fourth-order valence-electron chi connectivity index (χ4n) is 2.07. The van der Waals surface area contributed by atoms with Crippen LogP contribution in [0.15, 0.2) is 18.2 Å². The molecule has 0 aromatic heterocycles. The van der Waals surface area contributed by atoms with E-state index >= 15 is 0 Å². The van der Waals surface area contributed by atoms with E-state index in [4.69, 9.17) is 9.84 Å². The third kappa shape index (κ3) is 6.19. The van der Waals surface area contributed by atoms with Crippen LogP contribution >= 0.6 is 0 Å². The predicted octanol–water partition coefficient (Wildman–Crippen LogP) is 4.43. The Morgan fingerprint density at radius 1 is 1.29 bits per heavy atom. The second-order valence-electron chi connectivity index (χ2n) is 7.02. The molecule has 0 aliphatic rings. The smallest absolute Gasteiger partial charge is 0.303 e. The first-order valence-electron chi connectivity index (χ1n) is 7.68. The number of carbonyl (C=O) groups is 1. The van der Waals surface area contributed by atoms with Crippen LogP contribution in [0.1, 0.15) is 58.6 Å². The number of carboxylic acids is 1. The van der Waals surface area contributed by atoms with Gasteiger partial charge in [0.25, 0.3) is 0 Å². The molecule has 3 nitrogen and oxygen atoms in total. The van der Waals surface area contributed by atoms with Gasteiger partial charge in [0, 0.05) is 6.42 Å². The molecule has 0 aliphatic carbocycles. The molecule has 0 bridgehead atoms. The Morgan fingerprint density at radius 3 is 2.48 bits per heavy atom. The van der Waals surface area contributed by atoms with Crippen LogP contribution in [-0.2, 0) is 16.6 Å². The van der Waals surface area contributed by atoms with Gasteiger partial charge in [-0.2, -0.15) is 0 Å². The highest BCUT2D eigenvalue weighted by atomic mass is 16.5. The normalized spacial score (nSPS) is 11.7. The molecule has 0 spiro atoms. The summed E-state index contributed by atoms with van der Waals surface area (Å²) in [6.45, 7) is 11.5. The molecule has 0 aliphatic heterocycles. The SMILES string of the molecule is CC(C)COc1ccc(C(C)(C)C)cc1CCCC(=O)O. The fourth-order valence-corrected chi connectivity index (χ4v) is 2.07. The van der Waals surface area contributed by atoms with Crippen molar-refractivity contribution in [3.8, 4) is 5.75 Å². The largest absolute Gasteiger partial charge is 0.493 e. The molecule has 0 radical (unpaired) electrons. The van der Waals surface area contributed by atoms with Crippen LogP contribution in [0.25, 0.3) is 0 Å². The van der Waals surface area contributed by atoms with Crippen molar-refractivity contribution in [2.24, 2.45) is 5.92 Å². The summed E-state index contributed by atoms with van der Waals surface area (Å²) in [6, 6.07) is 6.30. The van der Waals surface area contributed by atoms with Crippen molar-refractivity contribution in [2.75, 3.05) is 6.61 Å². The van der Waals surface area contributed by atoms with Gasteiger partial charge in [-0.3, -0.25) is 4.79 Å². The molecule has 1 rings (SSSR count). The van der Waals surface area contributed by atoms with Crippen molar-refractivity contribution in [1.82, 2.24) is 0 Å². The highest BCUT2D eigenvalue weighted by molar-refractivity contribution is 5.66. The van der Waals surface area contributed by atoms with Gasteiger partial charge < -0.3 is 9.84 Å². The van der Waals surface area contributed by atoms with Gasteiger partial charge in [-0.05, 0) is 41.4 Å². The van der Waals surface area contributed by atoms with Gasteiger partial charge in [0.15, 0.2) is 0 Å².